The molecular weight excluding hydrogens is 319 g/mol. The number of rotatable bonds is 4. The second-order valence-electron chi connectivity index (χ2n) is 4.18. The van der Waals surface area contributed by atoms with E-state index >= 15 is 0 Å². The van der Waals surface area contributed by atoms with Crippen LogP contribution in [0.4, 0.5) is 0 Å². The summed E-state index contributed by atoms with van der Waals surface area (Å²) in [5.74, 6) is 0.500. The number of methoxy groups -OCH3 is 1. The summed E-state index contributed by atoms with van der Waals surface area (Å²) in [6.45, 7) is 0. The minimum absolute atomic E-state index is 0.118. The van der Waals surface area contributed by atoms with Gasteiger partial charge in [-0.3, -0.25) is 4.79 Å². The molecule has 0 unspecified atom stereocenters. The van der Waals surface area contributed by atoms with Crippen LogP contribution in [0.2, 0.25) is 15.1 Å². The Morgan fingerprint density at radius 3 is 2.35 bits per heavy atom. The van der Waals surface area contributed by atoms with Crippen LogP contribution in [-0.2, 0) is 6.42 Å². The molecule has 0 saturated heterocycles. The Kier molecular flexibility index (Phi) is 4.92. The summed E-state index contributed by atoms with van der Waals surface area (Å²) in [5.41, 5.74) is 1.15. The van der Waals surface area contributed by atoms with Gasteiger partial charge in [0.1, 0.15) is 5.75 Å². The highest BCUT2D eigenvalue weighted by atomic mass is 35.5. The second-order valence-corrected chi connectivity index (χ2v) is 5.46. The molecule has 0 radical (unpaired) electrons. The molecule has 2 aromatic rings. The van der Waals surface area contributed by atoms with Crippen LogP contribution in [0, 0.1) is 0 Å². The molecule has 0 N–H and O–H groups in total. The van der Waals surface area contributed by atoms with Gasteiger partial charge in [-0.15, -0.1) is 0 Å². The van der Waals surface area contributed by atoms with Gasteiger partial charge in [0.15, 0.2) is 5.78 Å². The molecule has 104 valence electrons. The van der Waals surface area contributed by atoms with E-state index in [0.717, 1.165) is 5.56 Å². The fourth-order valence-corrected chi connectivity index (χ4v) is 2.58. The minimum Gasteiger partial charge on any atom is -0.496 e. The number of ether oxygens (including phenoxy) is 1. The van der Waals surface area contributed by atoms with Crippen molar-refractivity contribution in [1.29, 1.82) is 0 Å². The van der Waals surface area contributed by atoms with Crippen molar-refractivity contribution in [3.05, 3.63) is 62.6 Å². The van der Waals surface area contributed by atoms with E-state index in [1.165, 1.54) is 0 Å². The molecule has 0 saturated carbocycles. The quantitative estimate of drug-likeness (QED) is 0.731. The average Bonchev–Trinajstić information content (AvgIpc) is 2.38. The maximum Gasteiger partial charge on any atom is 0.168 e. The lowest BCUT2D eigenvalue weighted by molar-refractivity contribution is 0.0992. The third-order valence-electron chi connectivity index (χ3n) is 2.82. The third kappa shape index (κ3) is 3.45. The highest BCUT2D eigenvalue weighted by Gasteiger charge is 2.14. The summed E-state index contributed by atoms with van der Waals surface area (Å²) in [6.07, 6.45) is 0.158. The van der Waals surface area contributed by atoms with Crippen LogP contribution in [0.3, 0.4) is 0 Å². The molecule has 2 nitrogen and oxygen atoms in total. The van der Waals surface area contributed by atoms with E-state index in [-0.39, 0.29) is 12.2 Å². The summed E-state index contributed by atoms with van der Waals surface area (Å²) in [4.78, 5) is 12.3. The average molecular weight is 330 g/mol. The Hall–Kier alpha value is -1.22. The molecule has 0 amide bonds. The minimum atomic E-state index is -0.118. The highest BCUT2D eigenvalue weighted by Crippen LogP contribution is 2.26. The summed E-state index contributed by atoms with van der Waals surface area (Å²) >= 11 is 17.8. The standard InChI is InChI=1S/C15H11Cl3O2/c1-20-15-5-3-10(16)6-9(15)7-14(19)12-4-2-11(17)8-13(12)18/h2-6,8H,7H2,1H3. The number of carbonyl (C=O) groups excluding carboxylic acids is 1. The van der Waals surface area contributed by atoms with Crippen molar-refractivity contribution in [1.82, 2.24) is 0 Å². The van der Waals surface area contributed by atoms with E-state index in [1.807, 2.05) is 0 Å². The van der Waals surface area contributed by atoms with E-state index in [4.69, 9.17) is 39.5 Å². The predicted octanol–water partition coefficient (Wildman–Crippen LogP) is 5.08. The molecule has 0 aromatic heterocycles. The van der Waals surface area contributed by atoms with Crippen LogP contribution in [0.25, 0.3) is 0 Å². The summed E-state index contributed by atoms with van der Waals surface area (Å²) < 4.78 is 5.22. The first kappa shape index (κ1) is 15.2. The summed E-state index contributed by atoms with van der Waals surface area (Å²) in [7, 11) is 1.55. The zero-order valence-electron chi connectivity index (χ0n) is 10.6. The first-order valence-electron chi connectivity index (χ1n) is 5.82. The van der Waals surface area contributed by atoms with Gasteiger partial charge in [0.2, 0.25) is 0 Å². The van der Waals surface area contributed by atoms with E-state index in [9.17, 15) is 4.79 Å². The van der Waals surface area contributed by atoms with Gasteiger partial charge >= 0.3 is 0 Å². The molecule has 0 atom stereocenters. The third-order valence-corrected chi connectivity index (χ3v) is 3.61. The molecule has 0 bridgehead atoms. The molecule has 0 spiro atoms. The summed E-state index contributed by atoms with van der Waals surface area (Å²) in [6, 6.07) is 9.95. The molecule has 2 rings (SSSR count). The number of halogens is 3. The monoisotopic (exact) mass is 328 g/mol. The molecule has 0 aliphatic carbocycles. The predicted molar refractivity (Wildman–Crippen MR) is 82.5 cm³/mol. The van der Waals surface area contributed by atoms with Crippen molar-refractivity contribution in [2.75, 3.05) is 7.11 Å². The Labute approximate surface area is 132 Å². The number of benzene rings is 2. The molecule has 0 aliphatic rings. The fraction of sp³-hybridized carbons (Fsp3) is 0.133. The van der Waals surface area contributed by atoms with E-state index < -0.39 is 0 Å². The van der Waals surface area contributed by atoms with Crippen LogP contribution in [0.5, 0.6) is 5.75 Å². The molecule has 0 heterocycles. The zero-order valence-corrected chi connectivity index (χ0v) is 12.9. The van der Waals surface area contributed by atoms with Gasteiger partial charge in [-0.1, -0.05) is 34.8 Å². The van der Waals surface area contributed by atoms with E-state index in [2.05, 4.69) is 0 Å². The molecule has 0 aliphatic heterocycles. The molecule has 20 heavy (non-hydrogen) atoms. The number of carbonyl (C=O) groups is 1. The lowest BCUT2D eigenvalue weighted by Gasteiger charge is -2.09. The molecule has 5 heteroatoms. The van der Waals surface area contributed by atoms with Gasteiger partial charge in [0.25, 0.3) is 0 Å². The van der Waals surface area contributed by atoms with Gasteiger partial charge in [0.05, 0.1) is 12.1 Å². The van der Waals surface area contributed by atoms with Crippen molar-refractivity contribution >= 4 is 40.6 Å². The SMILES string of the molecule is COc1ccc(Cl)cc1CC(=O)c1ccc(Cl)cc1Cl. The zero-order chi connectivity index (χ0) is 14.7. The number of ketones is 1. The largest absolute Gasteiger partial charge is 0.496 e. The molecular formula is C15H11Cl3O2. The Morgan fingerprint density at radius 1 is 1.05 bits per heavy atom. The van der Waals surface area contributed by atoms with Crippen LogP contribution in [0.1, 0.15) is 15.9 Å². The van der Waals surface area contributed by atoms with Gasteiger partial charge < -0.3 is 4.74 Å². The van der Waals surface area contributed by atoms with E-state index in [0.29, 0.717) is 26.4 Å². The van der Waals surface area contributed by atoms with Gasteiger partial charge in [-0.2, -0.15) is 0 Å². The van der Waals surface area contributed by atoms with Crippen molar-refractivity contribution < 1.29 is 9.53 Å². The smallest absolute Gasteiger partial charge is 0.168 e. The fourth-order valence-electron chi connectivity index (χ4n) is 1.87. The lowest BCUT2D eigenvalue weighted by atomic mass is 10.0. The van der Waals surface area contributed by atoms with Gasteiger partial charge in [0, 0.05) is 27.6 Å². The topological polar surface area (TPSA) is 26.3 Å². The maximum atomic E-state index is 12.3. The Balaban J connectivity index is 2.30. The highest BCUT2D eigenvalue weighted by molar-refractivity contribution is 6.36. The Morgan fingerprint density at radius 2 is 1.70 bits per heavy atom. The number of Topliss-reactive ketones (excluding diaryl/α,β-unsaturated/α-hetero) is 1. The first-order valence-corrected chi connectivity index (χ1v) is 6.95. The van der Waals surface area contributed by atoms with Gasteiger partial charge in [-0.25, -0.2) is 0 Å². The van der Waals surface area contributed by atoms with Crippen LogP contribution < -0.4 is 4.74 Å². The van der Waals surface area contributed by atoms with Crippen LogP contribution >= 0.6 is 34.8 Å². The maximum absolute atomic E-state index is 12.3. The van der Waals surface area contributed by atoms with Crippen molar-refractivity contribution in [3.63, 3.8) is 0 Å². The normalized spacial score (nSPS) is 10.4. The van der Waals surface area contributed by atoms with E-state index in [1.54, 1.807) is 43.5 Å². The van der Waals surface area contributed by atoms with Crippen molar-refractivity contribution in [2.45, 2.75) is 6.42 Å². The lowest BCUT2D eigenvalue weighted by Crippen LogP contribution is -2.05. The first-order chi connectivity index (χ1) is 9.51. The van der Waals surface area contributed by atoms with Crippen molar-refractivity contribution in [2.24, 2.45) is 0 Å². The molecule has 0 fully saturated rings. The Bertz CT molecular complexity index is 654. The molecule has 2 aromatic carbocycles. The number of hydrogen-bond acceptors (Lipinski definition) is 2. The second kappa shape index (κ2) is 6.49. The van der Waals surface area contributed by atoms with Gasteiger partial charge in [-0.05, 0) is 36.4 Å². The number of hydrogen-bond donors (Lipinski definition) is 0. The van der Waals surface area contributed by atoms with Crippen LogP contribution in [0.15, 0.2) is 36.4 Å². The van der Waals surface area contributed by atoms with Crippen molar-refractivity contribution in [3.8, 4) is 5.75 Å². The summed E-state index contributed by atoms with van der Waals surface area (Å²) in [5, 5.41) is 1.38. The van der Waals surface area contributed by atoms with Crippen LogP contribution in [-0.4, -0.2) is 12.9 Å².